The zero-order valence-corrected chi connectivity index (χ0v) is 10.5. The van der Waals surface area contributed by atoms with Gasteiger partial charge in [0.15, 0.2) is 0 Å². The van der Waals surface area contributed by atoms with E-state index in [0.717, 1.165) is 0 Å². The van der Waals surface area contributed by atoms with Crippen LogP contribution in [0.5, 0.6) is 0 Å². The van der Waals surface area contributed by atoms with Gasteiger partial charge in [-0.1, -0.05) is 0 Å². The monoisotopic (exact) mass is 272 g/mol. The number of hydrogen-bond donors (Lipinski definition) is 4. The molecular weight excluding hydrogens is 256 g/mol. The number of ether oxygens (including phenoxy) is 1. The van der Waals surface area contributed by atoms with Gasteiger partial charge in [0.25, 0.3) is 5.56 Å². The largest absolute Gasteiger partial charge is 0.394 e. The minimum atomic E-state index is -1.34. The van der Waals surface area contributed by atoms with Crippen molar-refractivity contribution in [1.29, 1.82) is 0 Å². The smallest absolute Gasteiger partial charge is 0.328 e. The van der Waals surface area contributed by atoms with Crippen LogP contribution in [0.2, 0.25) is 0 Å². The molecule has 1 aliphatic rings. The van der Waals surface area contributed by atoms with Gasteiger partial charge in [0.2, 0.25) is 0 Å². The molecule has 0 aromatic carbocycles. The Morgan fingerprint density at radius 3 is 2.47 bits per heavy atom. The minimum Gasteiger partial charge on any atom is -0.394 e. The molecule has 0 unspecified atom stereocenters. The van der Waals surface area contributed by atoms with Gasteiger partial charge in [-0.2, -0.15) is 0 Å². The molecule has 8 heteroatoms. The summed E-state index contributed by atoms with van der Waals surface area (Å²) in [7, 11) is 1.47. The molecule has 1 fully saturated rings. The Balaban J connectivity index is 2.52. The summed E-state index contributed by atoms with van der Waals surface area (Å²) in [5, 5.41) is 28.6. The Kier molecular flexibility index (Phi) is 3.59. The lowest BCUT2D eigenvalue weighted by Gasteiger charge is -2.17. The average Bonchev–Trinajstić information content (AvgIpc) is 2.64. The predicted molar refractivity (Wildman–Crippen MR) is 63.8 cm³/mol. The summed E-state index contributed by atoms with van der Waals surface area (Å²) in [5.41, 5.74) is -0.832. The van der Waals surface area contributed by atoms with Gasteiger partial charge in [-0.15, -0.1) is 0 Å². The standard InChI is InChI=1S/C11H16N2O6/c1-4-6(10(17)12-11(18)13(4)2)9-8(16)7(15)5(3-14)19-9/h5,7-9,14-16H,3H2,1-2H3,(H,12,17,18)/t5-,7-,8-,9+/m1/s1. The lowest BCUT2D eigenvalue weighted by molar-refractivity contribution is -0.0235. The minimum absolute atomic E-state index is 0.0737. The zero-order valence-electron chi connectivity index (χ0n) is 10.5. The van der Waals surface area contributed by atoms with E-state index in [-0.39, 0.29) is 5.56 Å². The number of rotatable bonds is 2. The van der Waals surface area contributed by atoms with Crippen molar-refractivity contribution in [3.8, 4) is 0 Å². The van der Waals surface area contributed by atoms with Crippen LogP contribution in [-0.2, 0) is 11.8 Å². The Bertz CT molecular complexity index is 592. The lowest BCUT2D eigenvalue weighted by Crippen LogP contribution is -2.37. The Morgan fingerprint density at radius 2 is 1.95 bits per heavy atom. The summed E-state index contributed by atoms with van der Waals surface area (Å²) in [6.45, 7) is 1.07. The molecule has 1 saturated heterocycles. The second-order valence-corrected chi connectivity index (χ2v) is 4.58. The summed E-state index contributed by atoms with van der Waals surface area (Å²) in [6, 6.07) is 0. The maximum atomic E-state index is 11.8. The number of nitrogens with zero attached hydrogens (tertiary/aromatic N) is 1. The van der Waals surface area contributed by atoms with Crippen molar-refractivity contribution in [3.63, 3.8) is 0 Å². The molecule has 2 heterocycles. The van der Waals surface area contributed by atoms with E-state index >= 15 is 0 Å². The van der Waals surface area contributed by atoms with E-state index in [9.17, 15) is 19.8 Å². The van der Waals surface area contributed by atoms with Crippen molar-refractivity contribution in [2.75, 3.05) is 6.61 Å². The summed E-state index contributed by atoms with van der Waals surface area (Å²) < 4.78 is 6.51. The molecule has 0 amide bonds. The van der Waals surface area contributed by atoms with E-state index in [1.165, 1.54) is 11.6 Å². The maximum absolute atomic E-state index is 11.8. The molecular formula is C11H16N2O6. The van der Waals surface area contributed by atoms with E-state index in [1.54, 1.807) is 6.92 Å². The Morgan fingerprint density at radius 1 is 1.32 bits per heavy atom. The summed E-state index contributed by atoms with van der Waals surface area (Å²) >= 11 is 0. The summed E-state index contributed by atoms with van der Waals surface area (Å²) in [5.74, 6) is 0. The van der Waals surface area contributed by atoms with Crippen LogP contribution in [0.15, 0.2) is 9.59 Å². The van der Waals surface area contributed by atoms with Gasteiger partial charge in [-0.05, 0) is 6.92 Å². The Hall–Kier alpha value is -1.48. The molecule has 0 aliphatic carbocycles. The number of aromatic nitrogens is 2. The second-order valence-electron chi connectivity index (χ2n) is 4.58. The van der Waals surface area contributed by atoms with Crippen LogP contribution in [-0.4, -0.2) is 49.8 Å². The summed E-state index contributed by atoms with van der Waals surface area (Å²) in [4.78, 5) is 25.4. The van der Waals surface area contributed by atoms with Crippen molar-refractivity contribution in [2.45, 2.75) is 31.3 Å². The average molecular weight is 272 g/mol. The van der Waals surface area contributed by atoms with Gasteiger partial charge < -0.3 is 24.6 Å². The van der Waals surface area contributed by atoms with Crippen LogP contribution in [0.3, 0.4) is 0 Å². The maximum Gasteiger partial charge on any atom is 0.328 e. The van der Waals surface area contributed by atoms with Crippen LogP contribution in [0.4, 0.5) is 0 Å². The van der Waals surface area contributed by atoms with Gasteiger partial charge in [-0.25, -0.2) is 4.79 Å². The molecule has 1 aromatic rings. The van der Waals surface area contributed by atoms with Crippen LogP contribution < -0.4 is 11.2 Å². The fourth-order valence-corrected chi connectivity index (χ4v) is 2.22. The highest BCUT2D eigenvalue weighted by molar-refractivity contribution is 5.22. The normalized spacial score (nSPS) is 30.8. The fourth-order valence-electron chi connectivity index (χ4n) is 2.22. The van der Waals surface area contributed by atoms with E-state index in [4.69, 9.17) is 9.84 Å². The van der Waals surface area contributed by atoms with Gasteiger partial charge in [-0.3, -0.25) is 9.78 Å². The molecule has 1 aliphatic heterocycles. The van der Waals surface area contributed by atoms with Crippen molar-refractivity contribution in [3.05, 3.63) is 32.1 Å². The second kappa shape index (κ2) is 4.89. The van der Waals surface area contributed by atoms with Crippen LogP contribution in [0.1, 0.15) is 17.4 Å². The SMILES string of the molecule is Cc1c([C@@H]2O[C@H](CO)[C@@H](O)[C@H]2O)c(=O)[nH]c(=O)n1C. The van der Waals surface area contributed by atoms with Gasteiger partial charge in [0.05, 0.1) is 12.2 Å². The molecule has 1 aromatic heterocycles. The molecule has 8 nitrogen and oxygen atoms in total. The highest BCUT2D eigenvalue weighted by Gasteiger charge is 2.44. The molecule has 2 rings (SSSR count). The quantitative estimate of drug-likeness (QED) is 0.473. The molecule has 4 N–H and O–H groups in total. The first-order valence-electron chi connectivity index (χ1n) is 5.80. The third kappa shape index (κ3) is 2.12. The first kappa shape index (κ1) is 13.9. The third-order valence-electron chi connectivity index (χ3n) is 3.49. The Labute approximate surface area is 107 Å². The summed E-state index contributed by atoms with van der Waals surface area (Å²) in [6.07, 6.45) is -4.67. The van der Waals surface area contributed by atoms with E-state index in [1.807, 2.05) is 0 Å². The number of aliphatic hydroxyl groups excluding tert-OH is 3. The number of H-pyrrole nitrogens is 1. The zero-order chi connectivity index (χ0) is 14.3. The van der Waals surface area contributed by atoms with E-state index < -0.39 is 42.3 Å². The predicted octanol–water partition coefficient (Wildman–Crippen LogP) is -2.46. The van der Waals surface area contributed by atoms with Gasteiger partial charge in [0.1, 0.15) is 24.4 Å². The van der Waals surface area contributed by atoms with Crippen molar-refractivity contribution in [2.24, 2.45) is 7.05 Å². The first-order chi connectivity index (χ1) is 8.88. The first-order valence-corrected chi connectivity index (χ1v) is 5.80. The number of aromatic amines is 1. The van der Waals surface area contributed by atoms with E-state index in [2.05, 4.69) is 4.98 Å². The molecule has 0 radical (unpaired) electrons. The third-order valence-corrected chi connectivity index (χ3v) is 3.49. The topological polar surface area (TPSA) is 125 Å². The molecule has 4 atom stereocenters. The van der Waals surface area contributed by atoms with Crippen LogP contribution in [0.25, 0.3) is 0 Å². The van der Waals surface area contributed by atoms with Crippen LogP contribution >= 0.6 is 0 Å². The highest BCUT2D eigenvalue weighted by Crippen LogP contribution is 2.32. The fraction of sp³-hybridized carbons (Fsp3) is 0.636. The molecule has 19 heavy (non-hydrogen) atoms. The number of aliphatic hydroxyl groups is 3. The van der Waals surface area contributed by atoms with Gasteiger partial charge >= 0.3 is 5.69 Å². The molecule has 0 saturated carbocycles. The number of hydrogen-bond acceptors (Lipinski definition) is 6. The molecule has 0 bridgehead atoms. The lowest BCUT2D eigenvalue weighted by atomic mass is 10.0. The highest BCUT2D eigenvalue weighted by atomic mass is 16.6. The van der Waals surface area contributed by atoms with Gasteiger partial charge in [0, 0.05) is 12.7 Å². The van der Waals surface area contributed by atoms with Crippen molar-refractivity contribution < 1.29 is 20.1 Å². The molecule has 106 valence electrons. The molecule has 0 spiro atoms. The van der Waals surface area contributed by atoms with E-state index in [0.29, 0.717) is 5.69 Å². The number of nitrogens with one attached hydrogen (secondary N) is 1. The van der Waals surface area contributed by atoms with Crippen molar-refractivity contribution in [1.82, 2.24) is 9.55 Å². The van der Waals surface area contributed by atoms with Crippen LogP contribution in [0, 0.1) is 6.92 Å². The van der Waals surface area contributed by atoms with Crippen molar-refractivity contribution >= 4 is 0 Å².